The summed E-state index contributed by atoms with van der Waals surface area (Å²) >= 11 is 0. The molecule has 0 radical (unpaired) electrons. The number of aryl methyl sites for hydroxylation is 1. The minimum atomic E-state index is -0.170. The number of aromatic amines is 1. The van der Waals surface area contributed by atoms with Gasteiger partial charge in [-0.25, -0.2) is 0 Å². The quantitative estimate of drug-likeness (QED) is 0.228. The summed E-state index contributed by atoms with van der Waals surface area (Å²) in [6.07, 6.45) is 5.97. The summed E-state index contributed by atoms with van der Waals surface area (Å²) in [5.41, 5.74) is 16.5. The molecule has 0 aliphatic heterocycles. The topological polar surface area (TPSA) is 129 Å². The number of nitrogens with one attached hydrogen (secondary N) is 2. The van der Waals surface area contributed by atoms with Gasteiger partial charge < -0.3 is 27.0 Å². The normalized spacial score (nSPS) is 11.9. The minimum Gasteiger partial charge on any atom is -0.404 e. The molecule has 1 heterocycles. The van der Waals surface area contributed by atoms with Crippen LogP contribution in [0.4, 0.5) is 0 Å². The van der Waals surface area contributed by atoms with Gasteiger partial charge in [-0.3, -0.25) is 4.79 Å². The molecule has 0 saturated carbocycles. The summed E-state index contributed by atoms with van der Waals surface area (Å²) in [5, 5.41) is 20.3. The molecule has 0 amide bonds. The number of hydrogen-bond donors (Lipinski definition) is 5. The molecule has 7 N–H and O–H groups in total. The standard InChI is InChI=1S/C26H26N4O2/c27-9-1-2-19-11-23-24(17-5-3-16(15-31)4-6-17)14-30-26(32)25(23)22-10-18(7-8-21(19)22)20(12-28)13-29/h3-8,10-14,28,31H,1-2,9,15,27,29H2,(H,30,32)/b20-13+,28-12?. The van der Waals surface area contributed by atoms with Crippen molar-refractivity contribution in [2.75, 3.05) is 6.54 Å². The van der Waals surface area contributed by atoms with Gasteiger partial charge in [-0.1, -0.05) is 36.4 Å². The van der Waals surface area contributed by atoms with Gasteiger partial charge in [-0.2, -0.15) is 0 Å². The molecule has 4 rings (SSSR count). The number of fused-ring (bicyclic) bond motifs is 3. The van der Waals surface area contributed by atoms with Gasteiger partial charge in [0.2, 0.25) is 0 Å². The van der Waals surface area contributed by atoms with Crippen LogP contribution in [0.2, 0.25) is 0 Å². The number of pyridine rings is 1. The van der Waals surface area contributed by atoms with Crippen LogP contribution in [0.1, 0.15) is 23.1 Å². The maximum absolute atomic E-state index is 13.0. The highest BCUT2D eigenvalue weighted by Crippen LogP contribution is 2.34. The molecule has 0 atom stereocenters. The highest BCUT2D eigenvalue weighted by molar-refractivity contribution is 6.15. The molecule has 0 bridgehead atoms. The summed E-state index contributed by atoms with van der Waals surface area (Å²) < 4.78 is 0. The Morgan fingerprint density at radius 3 is 2.50 bits per heavy atom. The third-order valence-corrected chi connectivity index (χ3v) is 5.85. The van der Waals surface area contributed by atoms with Crippen molar-refractivity contribution in [2.24, 2.45) is 11.5 Å². The Labute approximate surface area is 185 Å². The maximum atomic E-state index is 13.0. The Morgan fingerprint density at radius 1 is 1.06 bits per heavy atom. The van der Waals surface area contributed by atoms with Crippen LogP contribution in [-0.2, 0) is 13.0 Å². The van der Waals surface area contributed by atoms with E-state index in [1.165, 1.54) is 12.4 Å². The van der Waals surface area contributed by atoms with E-state index >= 15 is 0 Å². The number of benzene rings is 3. The first-order valence-electron chi connectivity index (χ1n) is 10.5. The molecule has 32 heavy (non-hydrogen) atoms. The van der Waals surface area contributed by atoms with Crippen molar-refractivity contribution in [1.29, 1.82) is 5.41 Å². The van der Waals surface area contributed by atoms with Crippen LogP contribution in [-0.4, -0.2) is 22.8 Å². The predicted molar refractivity (Wildman–Crippen MR) is 132 cm³/mol. The number of hydrogen-bond acceptors (Lipinski definition) is 5. The zero-order valence-corrected chi connectivity index (χ0v) is 17.7. The van der Waals surface area contributed by atoms with Crippen LogP contribution in [0.5, 0.6) is 0 Å². The summed E-state index contributed by atoms with van der Waals surface area (Å²) in [6, 6.07) is 15.6. The van der Waals surface area contributed by atoms with E-state index in [2.05, 4.69) is 11.1 Å². The Bertz CT molecular complexity index is 1390. The summed E-state index contributed by atoms with van der Waals surface area (Å²) in [5.74, 6) is 0. The Balaban J connectivity index is 2.08. The number of nitrogens with two attached hydrogens (primary N) is 2. The van der Waals surface area contributed by atoms with Crippen molar-refractivity contribution in [3.05, 3.63) is 88.0 Å². The van der Waals surface area contributed by atoms with Crippen molar-refractivity contribution in [3.63, 3.8) is 0 Å². The number of aliphatic hydroxyl groups excluding tert-OH is 1. The highest BCUT2D eigenvalue weighted by Gasteiger charge is 2.15. The van der Waals surface area contributed by atoms with E-state index in [9.17, 15) is 9.90 Å². The van der Waals surface area contributed by atoms with Gasteiger partial charge in [0.15, 0.2) is 0 Å². The van der Waals surface area contributed by atoms with E-state index in [0.29, 0.717) is 17.5 Å². The molecule has 3 aromatic carbocycles. The van der Waals surface area contributed by atoms with Gasteiger partial charge in [0.05, 0.1) is 12.0 Å². The number of aromatic nitrogens is 1. The first kappa shape index (κ1) is 21.5. The van der Waals surface area contributed by atoms with E-state index in [1.54, 1.807) is 6.20 Å². The Kier molecular flexibility index (Phi) is 6.16. The van der Waals surface area contributed by atoms with Gasteiger partial charge >= 0.3 is 0 Å². The molecule has 0 fully saturated rings. The highest BCUT2D eigenvalue weighted by atomic mass is 16.3. The number of allylic oxidation sites excluding steroid dienone is 1. The molecule has 0 spiro atoms. The lowest BCUT2D eigenvalue weighted by Gasteiger charge is -2.15. The van der Waals surface area contributed by atoms with Crippen LogP contribution < -0.4 is 17.0 Å². The lowest BCUT2D eigenvalue weighted by molar-refractivity contribution is 0.282. The fraction of sp³-hybridized carbons (Fsp3) is 0.154. The largest absolute Gasteiger partial charge is 0.404 e. The number of H-pyrrole nitrogens is 1. The monoisotopic (exact) mass is 426 g/mol. The second-order valence-electron chi connectivity index (χ2n) is 7.76. The molecule has 1 aromatic heterocycles. The average Bonchev–Trinajstić information content (AvgIpc) is 2.83. The van der Waals surface area contributed by atoms with E-state index in [-0.39, 0.29) is 12.2 Å². The SMILES string of the molecule is N=C/C(=C\N)c1ccc2c(CCCN)cc3c(-c4ccc(CO)cc4)c[nH]c(=O)c3c2c1. The van der Waals surface area contributed by atoms with Gasteiger partial charge in [0, 0.05) is 29.7 Å². The lowest BCUT2D eigenvalue weighted by Crippen LogP contribution is -2.08. The zero-order chi connectivity index (χ0) is 22.7. The molecule has 6 heteroatoms. The average molecular weight is 427 g/mol. The van der Waals surface area contributed by atoms with E-state index in [1.807, 2.05) is 42.5 Å². The fourth-order valence-corrected chi connectivity index (χ4v) is 4.18. The molecular formula is C26H26N4O2. The van der Waals surface area contributed by atoms with Crippen molar-refractivity contribution in [3.8, 4) is 11.1 Å². The molecule has 0 aliphatic carbocycles. The van der Waals surface area contributed by atoms with Gasteiger partial charge in [-0.15, -0.1) is 0 Å². The van der Waals surface area contributed by atoms with Crippen molar-refractivity contribution in [2.45, 2.75) is 19.4 Å². The van der Waals surface area contributed by atoms with Crippen LogP contribution >= 0.6 is 0 Å². The van der Waals surface area contributed by atoms with Gasteiger partial charge in [-0.05, 0) is 69.9 Å². The molecule has 162 valence electrons. The fourth-order valence-electron chi connectivity index (χ4n) is 4.18. The van der Waals surface area contributed by atoms with Crippen LogP contribution in [0, 0.1) is 5.41 Å². The summed E-state index contributed by atoms with van der Waals surface area (Å²) in [4.78, 5) is 15.9. The Hall–Kier alpha value is -3.74. The predicted octanol–water partition coefficient (Wildman–Crippen LogP) is 3.68. The lowest BCUT2D eigenvalue weighted by atomic mass is 9.90. The first-order chi connectivity index (χ1) is 15.6. The summed E-state index contributed by atoms with van der Waals surface area (Å²) in [7, 11) is 0. The smallest absolute Gasteiger partial charge is 0.256 e. The molecule has 6 nitrogen and oxygen atoms in total. The minimum absolute atomic E-state index is 0.0205. The van der Waals surface area contributed by atoms with Crippen molar-refractivity contribution in [1.82, 2.24) is 4.98 Å². The van der Waals surface area contributed by atoms with E-state index in [4.69, 9.17) is 16.9 Å². The summed E-state index contributed by atoms with van der Waals surface area (Å²) in [6.45, 7) is 0.559. The van der Waals surface area contributed by atoms with Crippen molar-refractivity contribution >= 4 is 33.3 Å². The molecule has 0 unspecified atom stereocenters. The van der Waals surface area contributed by atoms with Crippen LogP contribution in [0.3, 0.4) is 0 Å². The van der Waals surface area contributed by atoms with E-state index < -0.39 is 0 Å². The third kappa shape index (κ3) is 3.82. The molecule has 0 saturated heterocycles. The van der Waals surface area contributed by atoms with Gasteiger partial charge in [0.1, 0.15) is 0 Å². The van der Waals surface area contributed by atoms with E-state index in [0.717, 1.165) is 56.8 Å². The Morgan fingerprint density at radius 2 is 1.84 bits per heavy atom. The third-order valence-electron chi connectivity index (χ3n) is 5.85. The maximum Gasteiger partial charge on any atom is 0.256 e. The number of rotatable bonds is 7. The van der Waals surface area contributed by atoms with Crippen LogP contribution in [0.15, 0.2) is 65.7 Å². The van der Waals surface area contributed by atoms with Crippen LogP contribution in [0.25, 0.3) is 38.2 Å². The number of aliphatic hydroxyl groups is 1. The second-order valence-corrected chi connectivity index (χ2v) is 7.76. The van der Waals surface area contributed by atoms with Gasteiger partial charge in [0.25, 0.3) is 5.56 Å². The first-order valence-corrected chi connectivity index (χ1v) is 10.5. The molecule has 0 aliphatic rings. The second kappa shape index (κ2) is 9.18. The van der Waals surface area contributed by atoms with Crippen molar-refractivity contribution < 1.29 is 5.11 Å². The molecule has 4 aromatic rings. The molecular weight excluding hydrogens is 400 g/mol. The zero-order valence-electron chi connectivity index (χ0n) is 17.7.